The molecule has 0 unspecified atom stereocenters. The highest BCUT2D eigenvalue weighted by Crippen LogP contribution is 2.18. The van der Waals surface area contributed by atoms with Crippen LogP contribution in [-0.4, -0.2) is 51.8 Å². The number of aryl methyl sites for hydroxylation is 1. The number of amides is 1. The van der Waals surface area contributed by atoms with Gasteiger partial charge in [0, 0.05) is 44.3 Å². The van der Waals surface area contributed by atoms with Gasteiger partial charge in [0.2, 0.25) is 0 Å². The second kappa shape index (κ2) is 7.72. The lowest BCUT2D eigenvalue weighted by Gasteiger charge is -2.35. The van der Waals surface area contributed by atoms with Gasteiger partial charge in [0.25, 0.3) is 11.5 Å². The fourth-order valence-electron chi connectivity index (χ4n) is 3.54. The summed E-state index contributed by atoms with van der Waals surface area (Å²) in [6, 6.07) is 12.7. The van der Waals surface area contributed by atoms with Crippen molar-refractivity contribution in [2.24, 2.45) is 0 Å². The summed E-state index contributed by atoms with van der Waals surface area (Å²) >= 11 is 0. The van der Waals surface area contributed by atoms with E-state index in [4.69, 9.17) is 5.26 Å². The van der Waals surface area contributed by atoms with Gasteiger partial charge >= 0.3 is 0 Å². The van der Waals surface area contributed by atoms with Crippen molar-refractivity contribution in [3.05, 3.63) is 64.2 Å². The van der Waals surface area contributed by atoms with Crippen LogP contribution < -0.4 is 10.5 Å². The van der Waals surface area contributed by atoms with Crippen molar-refractivity contribution in [1.29, 1.82) is 5.26 Å². The Kier molecular flexibility index (Phi) is 4.96. The Morgan fingerprint density at radius 1 is 1.10 bits per heavy atom. The molecule has 1 aliphatic heterocycles. The molecule has 1 aliphatic rings. The predicted octanol–water partition coefficient (Wildman–Crippen LogP) is 1.65. The minimum atomic E-state index is -0.184. The maximum Gasteiger partial charge on any atom is 0.275 e. The highest BCUT2D eigenvalue weighted by Gasteiger charge is 2.26. The summed E-state index contributed by atoms with van der Waals surface area (Å²) in [6.07, 6.45) is 1.55. The van der Waals surface area contributed by atoms with Gasteiger partial charge in [0.15, 0.2) is 5.69 Å². The average Bonchev–Trinajstić information content (AvgIpc) is 2.79. The molecule has 3 aromatic rings. The molecular weight excluding hydrogens is 368 g/mol. The van der Waals surface area contributed by atoms with Gasteiger partial charge in [-0.25, -0.2) is 9.67 Å². The van der Waals surface area contributed by atoms with Crippen molar-refractivity contribution >= 4 is 22.5 Å². The van der Waals surface area contributed by atoms with Gasteiger partial charge < -0.3 is 9.80 Å². The molecule has 1 aromatic carbocycles. The van der Waals surface area contributed by atoms with Crippen LogP contribution in [0.3, 0.4) is 0 Å². The zero-order valence-corrected chi connectivity index (χ0v) is 16.1. The maximum atomic E-state index is 13.2. The van der Waals surface area contributed by atoms with Crippen LogP contribution in [0.4, 0.5) is 5.82 Å². The normalized spacial score (nSPS) is 14.1. The molecule has 1 amide bonds. The summed E-state index contributed by atoms with van der Waals surface area (Å²) in [6.45, 7) is 4.57. The Bertz CT molecular complexity index is 1150. The topological polar surface area (TPSA) is 95.1 Å². The summed E-state index contributed by atoms with van der Waals surface area (Å²) in [5, 5.41) is 14.3. The van der Waals surface area contributed by atoms with Gasteiger partial charge in [-0.1, -0.05) is 18.2 Å². The van der Waals surface area contributed by atoms with Gasteiger partial charge in [-0.2, -0.15) is 10.4 Å². The van der Waals surface area contributed by atoms with Gasteiger partial charge in [0.1, 0.15) is 11.9 Å². The molecule has 1 saturated heterocycles. The molecule has 0 atom stereocenters. The molecule has 4 rings (SSSR count). The first-order chi connectivity index (χ1) is 14.1. The number of anilines is 1. The third-order valence-electron chi connectivity index (χ3n) is 5.14. The molecule has 8 nitrogen and oxygen atoms in total. The zero-order chi connectivity index (χ0) is 20.4. The van der Waals surface area contributed by atoms with E-state index < -0.39 is 0 Å². The molecular formula is C21H20N6O2. The van der Waals surface area contributed by atoms with E-state index >= 15 is 0 Å². The van der Waals surface area contributed by atoms with Crippen LogP contribution in [0.15, 0.2) is 47.4 Å². The van der Waals surface area contributed by atoms with Crippen molar-refractivity contribution in [3.8, 4) is 6.07 Å². The molecule has 0 saturated carbocycles. The number of carbonyl (C=O) groups is 1. The van der Waals surface area contributed by atoms with E-state index in [1.165, 1.54) is 4.68 Å². The largest absolute Gasteiger partial charge is 0.353 e. The van der Waals surface area contributed by atoms with E-state index in [1.54, 1.807) is 35.4 Å². The molecule has 1 fully saturated rings. The Labute approximate surface area is 167 Å². The quantitative estimate of drug-likeness (QED) is 0.677. The fourth-order valence-corrected chi connectivity index (χ4v) is 3.54. The van der Waals surface area contributed by atoms with Crippen molar-refractivity contribution in [2.45, 2.75) is 13.5 Å². The highest BCUT2D eigenvalue weighted by atomic mass is 16.2. The van der Waals surface area contributed by atoms with E-state index in [9.17, 15) is 9.59 Å². The van der Waals surface area contributed by atoms with Gasteiger partial charge in [0.05, 0.1) is 10.9 Å². The van der Waals surface area contributed by atoms with Crippen LogP contribution >= 0.6 is 0 Å². The summed E-state index contributed by atoms with van der Waals surface area (Å²) in [4.78, 5) is 33.9. The lowest BCUT2D eigenvalue weighted by Crippen LogP contribution is -2.49. The smallest absolute Gasteiger partial charge is 0.275 e. The highest BCUT2D eigenvalue weighted by molar-refractivity contribution is 6.04. The second-order valence-electron chi connectivity index (χ2n) is 6.81. The lowest BCUT2D eigenvalue weighted by atomic mass is 10.1. The maximum absolute atomic E-state index is 13.2. The summed E-state index contributed by atoms with van der Waals surface area (Å²) in [5.41, 5.74) is 0.648. The van der Waals surface area contributed by atoms with Crippen LogP contribution in [0.2, 0.25) is 0 Å². The van der Waals surface area contributed by atoms with E-state index in [2.05, 4.69) is 21.1 Å². The van der Waals surface area contributed by atoms with E-state index in [0.29, 0.717) is 54.8 Å². The minimum Gasteiger partial charge on any atom is -0.353 e. The molecule has 8 heteroatoms. The third-order valence-corrected chi connectivity index (χ3v) is 5.14. The first-order valence-corrected chi connectivity index (χ1v) is 9.52. The minimum absolute atomic E-state index is 0.171. The zero-order valence-electron chi connectivity index (χ0n) is 16.1. The van der Waals surface area contributed by atoms with Gasteiger partial charge in [-0.15, -0.1) is 0 Å². The number of rotatable bonds is 3. The number of benzene rings is 1. The van der Waals surface area contributed by atoms with Crippen molar-refractivity contribution in [2.75, 3.05) is 31.1 Å². The molecule has 0 radical (unpaired) electrons. The van der Waals surface area contributed by atoms with Crippen LogP contribution in [-0.2, 0) is 6.54 Å². The number of pyridine rings is 1. The van der Waals surface area contributed by atoms with Crippen molar-refractivity contribution < 1.29 is 4.79 Å². The number of carbonyl (C=O) groups excluding carboxylic acids is 1. The molecule has 0 N–H and O–H groups in total. The number of nitrogens with zero attached hydrogens (tertiary/aromatic N) is 6. The summed E-state index contributed by atoms with van der Waals surface area (Å²) in [5.74, 6) is 0.620. The van der Waals surface area contributed by atoms with E-state index in [0.717, 1.165) is 5.82 Å². The number of aromatic nitrogens is 3. The van der Waals surface area contributed by atoms with Crippen LogP contribution in [0.1, 0.15) is 23.0 Å². The Morgan fingerprint density at radius 2 is 1.83 bits per heavy atom. The first-order valence-electron chi connectivity index (χ1n) is 9.52. The Balaban J connectivity index is 1.56. The fraction of sp³-hybridized carbons (Fsp3) is 0.286. The predicted molar refractivity (Wildman–Crippen MR) is 109 cm³/mol. The van der Waals surface area contributed by atoms with Gasteiger partial charge in [-0.05, 0) is 25.1 Å². The molecule has 0 spiro atoms. The standard InChI is InChI=1S/C21H20N6O2/c1-2-27-20(28)17-6-4-3-5-16(17)19(24-27)21(29)26-11-9-25(10-12-26)18-8-7-15(13-22)14-23-18/h3-8,14H,2,9-12H2,1H3. The molecule has 0 bridgehead atoms. The number of nitriles is 1. The lowest BCUT2D eigenvalue weighted by molar-refractivity contribution is 0.0740. The molecule has 0 aliphatic carbocycles. The second-order valence-corrected chi connectivity index (χ2v) is 6.81. The summed E-state index contributed by atoms with van der Waals surface area (Å²) < 4.78 is 1.34. The molecule has 3 heterocycles. The molecule has 146 valence electrons. The first kappa shape index (κ1) is 18.6. The van der Waals surface area contributed by atoms with E-state index in [1.807, 2.05) is 19.1 Å². The molecule has 2 aromatic heterocycles. The van der Waals surface area contributed by atoms with Crippen LogP contribution in [0, 0.1) is 11.3 Å². The molecule has 29 heavy (non-hydrogen) atoms. The average molecular weight is 388 g/mol. The van der Waals surface area contributed by atoms with Crippen LogP contribution in [0.5, 0.6) is 0 Å². The summed E-state index contributed by atoms with van der Waals surface area (Å²) in [7, 11) is 0. The number of hydrogen-bond acceptors (Lipinski definition) is 6. The number of piperazine rings is 1. The SMILES string of the molecule is CCn1nc(C(=O)N2CCN(c3ccc(C#N)cn3)CC2)c2ccccc2c1=O. The third kappa shape index (κ3) is 3.43. The Morgan fingerprint density at radius 3 is 2.45 bits per heavy atom. The monoisotopic (exact) mass is 388 g/mol. The Hall–Kier alpha value is -3.73. The van der Waals surface area contributed by atoms with Crippen LogP contribution in [0.25, 0.3) is 10.8 Å². The van der Waals surface area contributed by atoms with Crippen molar-refractivity contribution in [3.63, 3.8) is 0 Å². The van der Waals surface area contributed by atoms with Crippen molar-refractivity contribution in [1.82, 2.24) is 19.7 Å². The van der Waals surface area contributed by atoms with Gasteiger partial charge in [-0.3, -0.25) is 9.59 Å². The number of hydrogen-bond donors (Lipinski definition) is 0. The number of fused-ring (bicyclic) bond motifs is 1. The van der Waals surface area contributed by atoms with E-state index in [-0.39, 0.29) is 11.5 Å².